The highest BCUT2D eigenvalue weighted by molar-refractivity contribution is 7.17. The summed E-state index contributed by atoms with van der Waals surface area (Å²) in [5.41, 5.74) is 8.79. The number of benzene rings is 2. The lowest BCUT2D eigenvalue weighted by atomic mass is 10.1. The molecule has 1 aliphatic heterocycles. The van der Waals surface area contributed by atoms with Gasteiger partial charge in [-0.1, -0.05) is 30.3 Å². The Morgan fingerprint density at radius 3 is 2.44 bits per heavy atom. The number of nitrogens with two attached hydrogens (primary N) is 1. The minimum Gasteiger partial charge on any atom is -0.369 e. The number of amides is 1. The Labute approximate surface area is 189 Å². The summed E-state index contributed by atoms with van der Waals surface area (Å²) in [6, 6.07) is 17.3. The Bertz CT molecular complexity index is 1310. The van der Waals surface area contributed by atoms with Crippen LogP contribution in [0.15, 0.2) is 64.8 Å². The number of nitrogens with zero attached hydrogens (tertiary/aromatic N) is 3. The molecule has 1 amide bonds. The maximum Gasteiger partial charge on any atom is 0.260 e. The number of rotatable bonds is 5. The van der Waals surface area contributed by atoms with Crippen molar-refractivity contribution in [3.8, 4) is 11.1 Å². The lowest BCUT2D eigenvalue weighted by Crippen LogP contribution is -2.46. The van der Waals surface area contributed by atoms with Crippen molar-refractivity contribution in [2.45, 2.75) is 6.54 Å². The quantitative estimate of drug-likeness (QED) is 0.492. The van der Waals surface area contributed by atoms with E-state index in [-0.39, 0.29) is 5.56 Å². The van der Waals surface area contributed by atoms with Gasteiger partial charge in [0.15, 0.2) is 0 Å². The SMILES string of the molecule is NC(=O)c1ccc(N2CCN(Cc3nc4scc(-c5ccccc5)c4c(=O)[nH]3)CC2)cc1. The lowest BCUT2D eigenvalue weighted by molar-refractivity contribution is 0.100. The van der Waals surface area contributed by atoms with Crippen LogP contribution in [0.4, 0.5) is 5.69 Å². The third-order valence-electron chi connectivity index (χ3n) is 5.84. The fourth-order valence-electron chi connectivity index (χ4n) is 4.11. The van der Waals surface area contributed by atoms with E-state index >= 15 is 0 Å². The van der Waals surface area contributed by atoms with Crippen molar-refractivity contribution in [2.75, 3.05) is 31.1 Å². The first-order chi connectivity index (χ1) is 15.6. The summed E-state index contributed by atoms with van der Waals surface area (Å²) in [4.78, 5) is 37.2. The molecule has 5 rings (SSSR count). The number of primary amides is 1. The van der Waals surface area contributed by atoms with E-state index in [2.05, 4.69) is 14.8 Å². The minimum absolute atomic E-state index is 0.0849. The third kappa shape index (κ3) is 4.02. The highest BCUT2D eigenvalue weighted by Gasteiger charge is 2.19. The van der Waals surface area contributed by atoms with Crippen LogP contribution >= 0.6 is 11.3 Å². The number of aromatic amines is 1. The van der Waals surface area contributed by atoms with Crippen LogP contribution < -0.4 is 16.2 Å². The van der Waals surface area contributed by atoms with Crippen LogP contribution in [0.1, 0.15) is 16.2 Å². The minimum atomic E-state index is -0.415. The molecule has 3 heterocycles. The molecule has 0 unspecified atom stereocenters. The summed E-state index contributed by atoms with van der Waals surface area (Å²) in [5.74, 6) is 0.282. The molecule has 7 nitrogen and oxygen atoms in total. The average Bonchev–Trinajstić information content (AvgIpc) is 3.25. The van der Waals surface area contributed by atoms with Gasteiger partial charge < -0.3 is 15.6 Å². The highest BCUT2D eigenvalue weighted by Crippen LogP contribution is 2.30. The largest absolute Gasteiger partial charge is 0.369 e. The normalized spacial score (nSPS) is 14.7. The van der Waals surface area contributed by atoms with E-state index in [1.165, 1.54) is 11.3 Å². The van der Waals surface area contributed by atoms with E-state index in [9.17, 15) is 9.59 Å². The molecule has 3 N–H and O–H groups in total. The van der Waals surface area contributed by atoms with E-state index in [1.807, 2.05) is 47.8 Å². The van der Waals surface area contributed by atoms with E-state index in [4.69, 9.17) is 10.7 Å². The van der Waals surface area contributed by atoms with Gasteiger partial charge in [-0.2, -0.15) is 0 Å². The Morgan fingerprint density at radius 2 is 1.75 bits per heavy atom. The van der Waals surface area contributed by atoms with Gasteiger partial charge in [0.2, 0.25) is 5.91 Å². The monoisotopic (exact) mass is 445 g/mol. The fraction of sp³-hybridized carbons (Fsp3) is 0.208. The molecule has 4 aromatic rings. The van der Waals surface area contributed by atoms with Crippen LogP contribution in [0.2, 0.25) is 0 Å². The van der Waals surface area contributed by atoms with Gasteiger partial charge in [-0.3, -0.25) is 14.5 Å². The van der Waals surface area contributed by atoms with Crippen LogP contribution in [-0.4, -0.2) is 47.0 Å². The molecule has 1 fully saturated rings. The number of hydrogen-bond acceptors (Lipinski definition) is 6. The second-order valence-corrected chi connectivity index (χ2v) is 8.74. The first kappa shape index (κ1) is 20.4. The van der Waals surface area contributed by atoms with Crippen molar-refractivity contribution in [1.29, 1.82) is 0 Å². The zero-order valence-electron chi connectivity index (χ0n) is 17.5. The Kier molecular flexibility index (Phi) is 5.46. The van der Waals surface area contributed by atoms with E-state index in [0.29, 0.717) is 23.3 Å². The molecule has 1 aliphatic rings. The molecule has 2 aromatic carbocycles. The lowest BCUT2D eigenvalue weighted by Gasteiger charge is -2.35. The molecule has 32 heavy (non-hydrogen) atoms. The van der Waals surface area contributed by atoms with Crippen LogP contribution in [0.5, 0.6) is 0 Å². The summed E-state index contributed by atoms with van der Waals surface area (Å²) in [6.45, 7) is 4.05. The molecule has 0 bridgehead atoms. The standard InChI is InChI=1S/C24H23N5O2S/c25-22(30)17-6-8-18(9-7-17)29-12-10-28(11-13-29)14-20-26-23(31)21-19(15-32-24(21)27-20)16-4-2-1-3-5-16/h1-9,15H,10-14H2,(H2,25,30)(H,26,27,31). The zero-order valence-corrected chi connectivity index (χ0v) is 18.3. The van der Waals surface area contributed by atoms with Crippen LogP contribution in [0.3, 0.4) is 0 Å². The molecule has 162 valence electrons. The molecule has 2 aromatic heterocycles. The molecule has 0 aliphatic carbocycles. The zero-order chi connectivity index (χ0) is 22.1. The first-order valence-electron chi connectivity index (χ1n) is 10.5. The predicted molar refractivity (Wildman–Crippen MR) is 128 cm³/mol. The number of piperazine rings is 1. The Balaban J connectivity index is 1.28. The molecular weight excluding hydrogens is 422 g/mol. The molecule has 8 heteroatoms. The van der Waals surface area contributed by atoms with Crippen LogP contribution in [-0.2, 0) is 6.54 Å². The van der Waals surface area contributed by atoms with Crippen molar-refractivity contribution in [3.63, 3.8) is 0 Å². The van der Waals surface area contributed by atoms with Crippen molar-refractivity contribution in [3.05, 3.63) is 81.7 Å². The smallest absolute Gasteiger partial charge is 0.260 e. The summed E-state index contributed by atoms with van der Waals surface area (Å²) in [6.07, 6.45) is 0. The Hall–Kier alpha value is -3.49. The maximum absolute atomic E-state index is 12.9. The summed E-state index contributed by atoms with van der Waals surface area (Å²) in [7, 11) is 0. The summed E-state index contributed by atoms with van der Waals surface area (Å²) in [5, 5.41) is 2.67. The fourth-order valence-corrected chi connectivity index (χ4v) is 5.08. The van der Waals surface area contributed by atoms with Gasteiger partial charge in [-0.25, -0.2) is 4.98 Å². The van der Waals surface area contributed by atoms with E-state index in [0.717, 1.165) is 47.8 Å². The second-order valence-electron chi connectivity index (χ2n) is 7.88. The number of aromatic nitrogens is 2. The van der Waals surface area contributed by atoms with Gasteiger partial charge in [-0.05, 0) is 29.8 Å². The number of carbonyl (C=O) groups excluding carboxylic acids is 1. The highest BCUT2D eigenvalue weighted by atomic mass is 32.1. The maximum atomic E-state index is 12.9. The molecule has 0 spiro atoms. The molecule has 0 radical (unpaired) electrons. The summed E-state index contributed by atoms with van der Waals surface area (Å²) < 4.78 is 0. The number of nitrogens with one attached hydrogen (secondary N) is 1. The van der Waals surface area contributed by atoms with E-state index in [1.54, 1.807) is 12.1 Å². The van der Waals surface area contributed by atoms with Gasteiger partial charge in [0, 0.05) is 48.4 Å². The van der Waals surface area contributed by atoms with Crippen molar-refractivity contribution in [2.24, 2.45) is 5.73 Å². The summed E-state index contributed by atoms with van der Waals surface area (Å²) >= 11 is 1.51. The Morgan fingerprint density at radius 1 is 1.03 bits per heavy atom. The predicted octanol–water partition coefficient (Wildman–Crippen LogP) is 3.07. The van der Waals surface area contributed by atoms with Crippen molar-refractivity contribution < 1.29 is 4.79 Å². The first-order valence-corrected chi connectivity index (χ1v) is 11.4. The number of H-pyrrole nitrogens is 1. The topological polar surface area (TPSA) is 95.3 Å². The van der Waals surface area contributed by atoms with Gasteiger partial charge in [0.25, 0.3) is 5.56 Å². The third-order valence-corrected chi connectivity index (χ3v) is 6.71. The second kappa shape index (κ2) is 8.57. The van der Waals surface area contributed by atoms with Gasteiger partial charge in [0.1, 0.15) is 10.7 Å². The number of fused-ring (bicyclic) bond motifs is 1. The molecule has 1 saturated heterocycles. The van der Waals surface area contributed by atoms with Crippen molar-refractivity contribution in [1.82, 2.24) is 14.9 Å². The number of anilines is 1. The van der Waals surface area contributed by atoms with Crippen LogP contribution in [0, 0.1) is 0 Å². The molecule has 0 atom stereocenters. The van der Waals surface area contributed by atoms with Gasteiger partial charge in [0.05, 0.1) is 11.9 Å². The number of thiophene rings is 1. The molecule has 0 saturated carbocycles. The molecular formula is C24H23N5O2S. The number of carbonyl (C=O) groups is 1. The number of hydrogen-bond donors (Lipinski definition) is 2. The van der Waals surface area contributed by atoms with Crippen molar-refractivity contribution >= 4 is 33.1 Å². The van der Waals surface area contributed by atoms with Gasteiger partial charge in [-0.15, -0.1) is 11.3 Å². The van der Waals surface area contributed by atoms with E-state index < -0.39 is 5.91 Å². The average molecular weight is 446 g/mol. The van der Waals surface area contributed by atoms with Crippen LogP contribution in [0.25, 0.3) is 21.3 Å². The van der Waals surface area contributed by atoms with Gasteiger partial charge >= 0.3 is 0 Å².